The van der Waals surface area contributed by atoms with E-state index in [1.807, 2.05) is 43.3 Å². The molecule has 132 valence electrons. The molecule has 2 amide bonds. The standard InChI is InChI=1S/C21H26N2O2/c1-3-4-5-8-17-10-12-19(13-11-17)23-20(24)15-22-21(25)18-9-6-7-16(2)14-18/h6-7,9-14H,3-5,8,15H2,1-2H3,(H,22,25)(H,23,24). The van der Waals surface area contributed by atoms with Crippen molar-refractivity contribution in [1.29, 1.82) is 0 Å². The van der Waals surface area contributed by atoms with E-state index in [1.165, 1.54) is 24.8 Å². The van der Waals surface area contributed by atoms with Crippen LogP contribution in [0, 0.1) is 6.92 Å². The molecule has 4 heteroatoms. The number of carbonyl (C=O) groups excluding carboxylic acids is 2. The lowest BCUT2D eigenvalue weighted by Gasteiger charge is -2.08. The van der Waals surface area contributed by atoms with E-state index in [4.69, 9.17) is 0 Å². The number of nitrogens with one attached hydrogen (secondary N) is 2. The first-order valence-electron chi connectivity index (χ1n) is 8.82. The zero-order chi connectivity index (χ0) is 18.1. The van der Waals surface area contributed by atoms with Crippen LogP contribution in [0.5, 0.6) is 0 Å². The smallest absolute Gasteiger partial charge is 0.251 e. The molecule has 0 heterocycles. The van der Waals surface area contributed by atoms with Crippen molar-refractivity contribution in [3.63, 3.8) is 0 Å². The molecule has 0 fully saturated rings. The van der Waals surface area contributed by atoms with Gasteiger partial charge in [-0.1, -0.05) is 49.6 Å². The summed E-state index contributed by atoms with van der Waals surface area (Å²) in [7, 11) is 0. The fourth-order valence-corrected chi connectivity index (χ4v) is 2.59. The Labute approximate surface area is 149 Å². The average molecular weight is 338 g/mol. The van der Waals surface area contributed by atoms with Gasteiger partial charge in [-0.2, -0.15) is 0 Å². The zero-order valence-electron chi connectivity index (χ0n) is 15.0. The van der Waals surface area contributed by atoms with Crippen molar-refractivity contribution in [3.8, 4) is 0 Å². The first-order chi connectivity index (χ1) is 12.1. The topological polar surface area (TPSA) is 58.2 Å². The van der Waals surface area contributed by atoms with Crippen molar-refractivity contribution in [2.75, 3.05) is 11.9 Å². The van der Waals surface area contributed by atoms with Crippen molar-refractivity contribution in [2.24, 2.45) is 0 Å². The number of unbranched alkanes of at least 4 members (excludes halogenated alkanes) is 2. The van der Waals surface area contributed by atoms with Gasteiger partial charge >= 0.3 is 0 Å². The van der Waals surface area contributed by atoms with Gasteiger partial charge in [0.25, 0.3) is 5.91 Å². The highest BCUT2D eigenvalue weighted by Gasteiger charge is 2.08. The zero-order valence-corrected chi connectivity index (χ0v) is 15.0. The van der Waals surface area contributed by atoms with E-state index in [0.29, 0.717) is 5.56 Å². The van der Waals surface area contributed by atoms with Gasteiger partial charge in [-0.25, -0.2) is 0 Å². The third-order valence-electron chi connectivity index (χ3n) is 4.00. The predicted molar refractivity (Wildman–Crippen MR) is 102 cm³/mol. The molecule has 0 aliphatic carbocycles. The molecule has 0 atom stereocenters. The van der Waals surface area contributed by atoms with Crippen LogP contribution in [-0.2, 0) is 11.2 Å². The molecule has 0 saturated heterocycles. The van der Waals surface area contributed by atoms with Gasteiger partial charge in [-0.3, -0.25) is 9.59 Å². The maximum Gasteiger partial charge on any atom is 0.251 e. The highest BCUT2D eigenvalue weighted by molar-refractivity contribution is 5.99. The van der Waals surface area contributed by atoms with Crippen molar-refractivity contribution >= 4 is 17.5 Å². The number of benzene rings is 2. The molecule has 0 spiro atoms. The summed E-state index contributed by atoms with van der Waals surface area (Å²) in [5, 5.41) is 5.44. The minimum atomic E-state index is -0.245. The minimum absolute atomic E-state index is 0.0506. The normalized spacial score (nSPS) is 10.3. The Kier molecular flexibility index (Phi) is 7.20. The van der Waals surface area contributed by atoms with Crippen molar-refractivity contribution in [2.45, 2.75) is 39.5 Å². The Balaban J connectivity index is 1.79. The fourth-order valence-electron chi connectivity index (χ4n) is 2.59. The number of aryl methyl sites for hydroxylation is 2. The van der Waals surface area contributed by atoms with Crippen LogP contribution in [0.4, 0.5) is 5.69 Å². The molecule has 0 radical (unpaired) electrons. The highest BCUT2D eigenvalue weighted by Crippen LogP contribution is 2.12. The van der Waals surface area contributed by atoms with E-state index in [1.54, 1.807) is 12.1 Å². The van der Waals surface area contributed by atoms with Crippen LogP contribution in [-0.4, -0.2) is 18.4 Å². The second-order valence-electron chi connectivity index (χ2n) is 6.25. The lowest BCUT2D eigenvalue weighted by atomic mass is 10.1. The van der Waals surface area contributed by atoms with E-state index in [0.717, 1.165) is 17.7 Å². The summed E-state index contributed by atoms with van der Waals surface area (Å²) in [6.45, 7) is 4.07. The molecule has 0 saturated carbocycles. The molecule has 0 aliphatic rings. The molecule has 0 bridgehead atoms. The van der Waals surface area contributed by atoms with Crippen molar-refractivity contribution in [1.82, 2.24) is 5.32 Å². The second-order valence-corrected chi connectivity index (χ2v) is 6.25. The molecular weight excluding hydrogens is 312 g/mol. The lowest BCUT2D eigenvalue weighted by molar-refractivity contribution is -0.115. The maximum atomic E-state index is 12.0. The van der Waals surface area contributed by atoms with Gasteiger partial charge in [0.05, 0.1) is 6.54 Å². The Bertz CT molecular complexity index is 708. The molecule has 2 rings (SSSR count). The lowest BCUT2D eigenvalue weighted by Crippen LogP contribution is -2.32. The third-order valence-corrected chi connectivity index (χ3v) is 4.00. The van der Waals surface area contributed by atoms with Crippen LogP contribution >= 0.6 is 0 Å². The second kappa shape index (κ2) is 9.62. The Hall–Kier alpha value is -2.62. The quantitative estimate of drug-likeness (QED) is 0.712. The molecule has 25 heavy (non-hydrogen) atoms. The summed E-state index contributed by atoms with van der Waals surface area (Å²) in [5.41, 5.74) is 3.59. The van der Waals surface area contributed by atoms with Crippen LogP contribution in [0.15, 0.2) is 48.5 Å². The molecule has 0 aliphatic heterocycles. The van der Waals surface area contributed by atoms with Crippen LogP contribution in [0.1, 0.15) is 47.7 Å². The van der Waals surface area contributed by atoms with Crippen molar-refractivity contribution in [3.05, 3.63) is 65.2 Å². The largest absolute Gasteiger partial charge is 0.343 e. The Morgan fingerprint density at radius 2 is 1.76 bits per heavy atom. The van der Waals surface area contributed by atoms with Gasteiger partial charge in [0.2, 0.25) is 5.91 Å². The van der Waals surface area contributed by atoms with Gasteiger partial charge < -0.3 is 10.6 Å². The van der Waals surface area contributed by atoms with Gasteiger partial charge in [-0.05, 0) is 49.6 Å². The monoisotopic (exact) mass is 338 g/mol. The molecule has 2 aromatic carbocycles. The van der Waals surface area contributed by atoms with Crippen LogP contribution < -0.4 is 10.6 Å². The number of hydrogen-bond acceptors (Lipinski definition) is 2. The Morgan fingerprint density at radius 3 is 2.44 bits per heavy atom. The number of hydrogen-bond donors (Lipinski definition) is 2. The van der Waals surface area contributed by atoms with Gasteiger partial charge in [0.1, 0.15) is 0 Å². The van der Waals surface area contributed by atoms with E-state index in [-0.39, 0.29) is 18.4 Å². The number of rotatable bonds is 8. The van der Waals surface area contributed by atoms with Gasteiger partial charge in [0, 0.05) is 11.3 Å². The molecular formula is C21H26N2O2. The van der Waals surface area contributed by atoms with Gasteiger partial charge in [-0.15, -0.1) is 0 Å². The SMILES string of the molecule is CCCCCc1ccc(NC(=O)CNC(=O)c2cccc(C)c2)cc1. The maximum absolute atomic E-state index is 12.0. The molecule has 0 aromatic heterocycles. The average Bonchev–Trinajstić information content (AvgIpc) is 2.61. The summed E-state index contributed by atoms with van der Waals surface area (Å²) in [4.78, 5) is 24.0. The van der Waals surface area contributed by atoms with E-state index < -0.39 is 0 Å². The van der Waals surface area contributed by atoms with E-state index in [2.05, 4.69) is 17.6 Å². The van der Waals surface area contributed by atoms with Gasteiger partial charge in [0.15, 0.2) is 0 Å². The highest BCUT2D eigenvalue weighted by atomic mass is 16.2. The van der Waals surface area contributed by atoms with Crippen LogP contribution in [0.3, 0.4) is 0 Å². The van der Waals surface area contributed by atoms with E-state index >= 15 is 0 Å². The molecule has 2 aromatic rings. The third kappa shape index (κ3) is 6.42. The minimum Gasteiger partial charge on any atom is -0.343 e. The van der Waals surface area contributed by atoms with Crippen LogP contribution in [0.2, 0.25) is 0 Å². The first-order valence-corrected chi connectivity index (χ1v) is 8.82. The number of carbonyl (C=O) groups is 2. The summed E-state index contributed by atoms with van der Waals surface area (Å²) < 4.78 is 0. The van der Waals surface area contributed by atoms with E-state index in [9.17, 15) is 9.59 Å². The predicted octanol–water partition coefficient (Wildman–Crippen LogP) is 4.10. The number of amides is 2. The molecule has 0 unspecified atom stereocenters. The summed E-state index contributed by atoms with van der Waals surface area (Å²) >= 11 is 0. The summed E-state index contributed by atoms with van der Waals surface area (Å²) in [6, 6.07) is 15.2. The Morgan fingerprint density at radius 1 is 1.00 bits per heavy atom. The van der Waals surface area contributed by atoms with Crippen LogP contribution in [0.25, 0.3) is 0 Å². The number of anilines is 1. The first kappa shape index (κ1) is 18.7. The fraction of sp³-hybridized carbons (Fsp3) is 0.333. The summed E-state index contributed by atoms with van der Waals surface area (Å²) in [6.07, 6.45) is 4.70. The summed E-state index contributed by atoms with van der Waals surface area (Å²) in [5.74, 6) is -0.482. The molecule has 2 N–H and O–H groups in total. The molecule has 4 nitrogen and oxygen atoms in total. The van der Waals surface area contributed by atoms with Crippen molar-refractivity contribution < 1.29 is 9.59 Å².